The molecule has 0 unspecified atom stereocenters. The van der Waals surface area contributed by atoms with E-state index in [4.69, 9.17) is 4.42 Å². The second-order valence-corrected chi connectivity index (χ2v) is 9.15. The van der Waals surface area contributed by atoms with Crippen molar-refractivity contribution in [3.8, 4) is 0 Å². The molecule has 1 aliphatic heterocycles. The van der Waals surface area contributed by atoms with Crippen LogP contribution in [0.2, 0.25) is 0 Å². The number of aryl methyl sites for hydroxylation is 1. The zero-order valence-corrected chi connectivity index (χ0v) is 14.2. The van der Waals surface area contributed by atoms with Crippen molar-refractivity contribution in [2.45, 2.75) is 46.3 Å². The van der Waals surface area contributed by atoms with E-state index in [0.717, 1.165) is 17.1 Å². The Morgan fingerprint density at radius 3 is 2.48 bits per heavy atom. The zero-order chi connectivity index (χ0) is 15.7. The number of furan rings is 1. The summed E-state index contributed by atoms with van der Waals surface area (Å²) in [5.74, 6) is 2.39. The fourth-order valence-corrected chi connectivity index (χ4v) is 3.59. The molecular formula is C15H26N2O3S. The normalized spacial score (nSPS) is 19.8. The summed E-state index contributed by atoms with van der Waals surface area (Å²) in [6.45, 7) is 11.0. The Kier molecular flexibility index (Phi) is 4.80. The van der Waals surface area contributed by atoms with Crippen molar-refractivity contribution in [1.29, 1.82) is 0 Å². The van der Waals surface area contributed by atoms with E-state index in [9.17, 15) is 8.42 Å². The maximum Gasteiger partial charge on any atom is 0.152 e. The van der Waals surface area contributed by atoms with Crippen molar-refractivity contribution in [2.75, 3.05) is 24.6 Å². The summed E-state index contributed by atoms with van der Waals surface area (Å²) in [5.41, 5.74) is 1.20. The Labute approximate surface area is 127 Å². The van der Waals surface area contributed by atoms with Gasteiger partial charge in [0.15, 0.2) is 9.84 Å². The van der Waals surface area contributed by atoms with Gasteiger partial charge in [-0.3, -0.25) is 4.90 Å². The van der Waals surface area contributed by atoms with E-state index in [0.29, 0.717) is 26.2 Å². The average molecular weight is 314 g/mol. The Hall–Kier alpha value is -0.850. The van der Waals surface area contributed by atoms with Gasteiger partial charge in [-0.05, 0) is 39.3 Å². The Morgan fingerprint density at radius 2 is 1.90 bits per heavy atom. The molecular weight excluding hydrogens is 288 g/mol. The molecule has 1 saturated heterocycles. The predicted molar refractivity (Wildman–Crippen MR) is 84.0 cm³/mol. The average Bonchev–Trinajstić information content (AvgIpc) is 2.69. The molecule has 5 nitrogen and oxygen atoms in total. The summed E-state index contributed by atoms with van der Waals surface area (Å²) in [6.07, 6.45) is 0. The maximum absolute atomic E-state index is 11.4. The van der Waals surface area contributed by atoms with Crippen molar-refractivity contribution in [1.82, 2.24) is 10.2 Å². The highest BCUT2D eigenvalue weighted by atomic mass is 32.2. The molecule has 0 spiro atoms. The van der Waals surface area contributed by atoms with Crippen molar-refractivity contribution < 1.29 is 12.8 Å². The number of rotatable bonds is 4. The smallest absolute Gasteiger partial charge is 0.152 e. The molecule has 120 valence electrons. The number of nitrogens with zero attached hydrogens (tertiary/aromatic N) is 1. The minimum atomic E-state index is -2.82. The summed E-state index contributed by atoms with van der Waals surface area (Å²) in [5, 5.41) is 3.42. The van der Waals surface area contributed by atoms with Gasteiger partial charge in [0.25, 0.3) is 0 Å². The predicted octanol–water partition coefficient (Wildman–Crippen LogP) is 1.71. The van der Waals surface area contributed by atoms with E-state index >= 15 is 0 Å². The molecule has 21 heavy (non-hydrogen) atoms. The van der Waals surface area contributed by atoms with E-state index in [-0.39, 0.29) is 17.0 Å². The first kappa shape index (κ1) is 16.5. The maximum atomic E-state index is 11.4. The second-order valence-electron chi connectivity index (χ2n) is 6.85. The Morgan fingerprint density at radius 1 is 1.29 bits per heavy atom. The lowest BCUT2D eigenvalue weighted by atomic mass is 10.1. The van der Waals surface area contributed by atoms with E-state index in [1.165, 1.54) is 0 Å². The molecule has 0 amide bonds. The lowest BCUT2D eigenvalue weighted by molar-refractivity contribution is 0.257. The molecule has 1 aromatic rings. The van der Waals surface area contributed by atoms with Crippen LogP contribution in [0.3, 0.4) is 0 Å². The van der Waals surface area contributed by atoms with Gasteiger partial charge in [-0.2, -0.15) is 0 Å². The summed E-state index contributed by atoms with van der Waals surface area (Å²) in [4.78, 5) is 2.14. The zero-order valence-electron chi connectivity index (χ0n) is 13.4. The van der Waals surface area contributed by atoms with Crippen LogP contribution < -0.4 is 5.32 Å². The van der Waals surface area contributed by atoms with Crippen LogP contribution in [0.1, 0.15) is 37.9 Å². The quantitative estimate of drug-likeness (QED) is 0.916. The molecule has 1 N–H and O–H groups in total. The van der Waals surface area contributed by atoms with Gasteiger partial charge >= 0.3 is 0 Å². The van der Waals surface area contributed by atoms with Crippen LogP contribution in [-0.2, 0) is 22.9 Å². The van der Waals surface area contributed by atoms with E-state index in [2.05, 4.69) is 37.1 Å². The van der Waals surface area contributed by atoms with Gasteiger partial charge in [0.05, 0.1) is 24.6 Å². The molecule has 1 aromatic heterocycles. The standard InChI is InChI=1S/C15H26N2O3S/c1-12-9-13(20-14(12)10-16-15(2,3)4)11-17-5-7-21(18,19)8-6-17/h9,16H,5-8,10-11H2,1-4H3. The number of nitrogens with one attached hydrogen (secondary N) is 1. The first-order chi connectivity index (χ1) is 9.65. The number of hydrogen-bond acceptors (Lipinski definition) is 5. The molecule has 0 radical (unpaired) electrons. The second kappa shape index (κ2) is 6.10. The summed E-state index contributed by atoms with van der Waals surface area (Å²) >= 11 is 0. The van der Waals surface area contributed by atoms with Gasteiger partial charge in [0.1, 0.15) is 11.5 Å². The van der Waals surface area contributed by atoms with Gasteiger partial charge in [-0.25, -0.2) is 8.42 Å². The van der Waals surface area contributed by atoms with Crippen LogP contribution in [-0.4, -0.2) is 43.5 Å². The van der Waals surface area contributed by atoms with Crippen LogP contribution in [0.15, 0.2) is 10.5 Å². The Balaban J connectivity index is 1.93. The van der Waals surface area contributed by atoms with E-state index < -0.39 is 9.84 Å². The molecule has 1 aliphatic rings. The third-order valence-corrected chi connectivity index (χ3v) is 5.28. The molecule has 6 heteroatoms. The van der Waals surface area contributed by atoms with Crippen LogP contribution in [0, 0.1) is 6.92 Å². The highest BCUT2D eigenvalue weighted by Crippen LogP contribution is 2.18. The fraction of sp³-hybridized carbons (Fsp3) is 0.733. The first-order valence-corrected chi connectivity index (χ1v) is 9.23. The van der Waals surface area contributed by atoms with Gasteiger partial charge in [-0.15, -0.1) is 0 Å². The van der Waals surface area contributed by atoms with Crippen molar-refractivity contribution >= 4 is 9.84 Å². The number of sulfone groups is 1. The highest BCUT2D eigenvalue weighted by Gasteiger charge is 2.22. The molecule has 2 heterocycles. The van der Waals surface area contributed by atoms with Crippen molar-refractivity contribution in [2.24, 2.45) is 0 Å². The van der Waals surface area contributed by atoms with Crippen molar-refractivity contribution in [3.63, 3.8) is 0 Å². The van der Waals surface area contributed by atoms with Gasteiger partial charge in [0, 0.05) is 18.6 Å². The topological polar surface area (TPSA) is 62.6 Å². The molecule has 0 atom stereocenters. The van der Waals surface area contributed by atoms with Crippen LogP contribution in [0.5, 0.6) is 0 Å². The molecule has 0 bridgehead atoms. The largest absolute Gasteiger partial charge is 0.463 e. The third-order valence-electron chi connectivity index (χ3n) is 3.67. The SMILES string of the molecule is Cc1cc(CN2CCS(=O)(=O)CC2)oc1CNC(C)(C)C. The summed E-state index contributed by atoms with van der Waals surface area (Å²) in [6, 6.07) is 2.06. The highest BCUT2D eigenvalue weighted by molar-refractivity contribution is 7.91. The fourth-order valence-electron chi connectivity index (χ4n) is 2.32. The monoisotopic (exact) mass is 314 g/mol. The van der Waals surface area contributed by atoms with Crippen LogP contribution in [0.4, 0.5) is 0 Å². The van der Waals surface area contributed by atoms with Gasteiger partial charge in [0.2, 0.25) is 0 Å². The van der Waals surface area contributed by atoms with Crippen molar-refractivity contribution in [3.05, 3.63) is 23.2 Å². The third kappa shape index (κ3) is 5.13. The molecule has 2 rings (SSSR count). The molecule has 0 aromatic carbocycles. The minimum absolute atomic E-state index is 0.0562. The lowest BCUT2D eigenvalue weighted by Crippen LogP contribution is -2.39. The molecule has 0 aliphatic carbocycles. The number of hydrogen-bond donors (Lipinski definition) is 1. The molecule has 0 saturated carbocycles. The van der Waals surface area contributed by atoms with Crippen LogP contribution in [0.25, 0.3) is 0 Å². The van der Waals surface area contributed by atoms with Gasteiger partial charge < -0.3 is 9.73 Å². The summed E-state index contributed by atoms with van der Waals surface area (Å²) in [7, 11) is -2.82. The van der Waals surface area contributed by atoms with E-state index in [1.807, 2.05) is 6.92 Å². The first-order valence-electron chi connectivity index (χ1n) is 7.41. The van der Waals surface area contributed by atoms with Gasteiger partial charge in [-0.1, -0.05) is 0 Å². The lowest BCUT2D eigenvalue weighted by Gasteiger charge is -2.25. The Bertz CT molecular complexity index is 571. The minimum Gasteiger partial charge on any atom is -0.463 e. The van der Waals surface area contributed by atoms with E-state index in [1.54, 1.807) is 0 Å². The van der Waals surface area contributed by atoms with Crippen LogP contribution >= 0.6 is 0 Å². The summed E-state index contributed by atoms with van der Waals surface area (Å²) < 4.78 is 28.8. The molecule has 1 fully saturated rings.